The van der Waals surface area contributed by atoms with Crippen molar-refractivity contribution in [2.45, 2.75) is 45.2 Å². The van der Waals surface area contributed by atoms with Crippen LogP contribution in [0.5, 0.6) is 0 Å². The molecule has 1 aromatic rings. The van der Waals surface area contributed by atoms with Crippen LogP contribution in [0.4, 0.5) is 11.4 Å². The van der Waals surface area contributed by atoms with Crippen LogP contribution in [-0.4, -0.2) is 54.1 Å². The number of hydrogen-bond acceptors (Lipinski definition) is 4. The van der Waals surface area contributed by atoms with Crippen molar-refractivity contribution < 1.29 is 4.79 Å². The number of rotatable bonds is 1. The minimum atomic E-state index is 0.119. The zero-order valence-corrected chi connectivity index (χ0v) is 13.6. The van der Waals surface area contributed by atoms with E-state index in [0.29, 0.717) is 18.0 Å². The van der Waals surface area contributed by atoms with Crippen molar-refractivity contribution in [3.63, 3.8) is 0 Å². The highest BCUT2D eigenvalue weighted by atomic mass is 16.2. The number of amides is 1. The molecule has 3 aliphatic rings. The predicted molar refractivity (Wildman–Crippen MR) is 87.5 cm³/mol. The van der Waals surface area contributed by atoms with Crippen molar-refractivity contribution in [1.29, 1.82) is 0 Å². The molecule has 4 rings (SSSR count). The minimum absolute atomic E-state index is 0.119. The summed E-state index contributed by atoms with van der Waals surface area (Å²) in [4.78, 5) is 23.4. The molecule has 1 amide bonds. The van der Waals surface area contributed by atoms with E-state index in [1.165, 1.54) is 24.2 Å². The Balaban J connectivity index is 1.76. The Morgan fingerprint density at radius 3 is 2.82 bits per heavy atom. The van der Waals surface area contributed by atoms with Crippen molar-refractivity contribution in [3.05, 3.63) is 18.0 Å². The van der Waals surface area contributed by atoms with Crippen LogP contribution in [0, 0.1) is 0 Å². The second-order valence-corrected chi connectivity index (χ2v) is 7.01. The van der Waals surface area contributed by atoms with Gasteiger partial charge in [0.1, 0.15) is 0 Å². The Morgan fingerprint density at radius 2 is 2.09 bits per heavy atom. The maximum atomic E-state index is 11.9. The first-order valence-electron chi connectivity index (χ1n) is 8.34. The molecule has 0 spiro atoms. The smallest absolute Gasteiger partial charge is 0.224 e. The van der Waals surface area contributed by atoms with E-state index < -0.39 is 0 Å². The summed E-state index contributed by atoms with van der Waals surface area (Å²) in [6, 6.07) is 1.18. The molecule has 118 valence electrons. The van der Waals surface area contributed by atoms with Crippen LogP contribution in [0.3, 0.4) is 0 Å². The summed E-state index contributed by atoms with van der Waals surface area (Å²) in [6.45, 7) is 10.2. The van der Waals surface area contributed by atoms with Crippen LogP contribution in [-0.2, 0) is 4.79 Å². The molecule has 0 saturated carbocycles. The highest BCUT2D eigenvalue weighted by molar-refractivity contribution is 5.97. The number of aromatic nitrogens is 1. The first kappa shape index (κ1) is 14.0. The molecule has 4 heterocycles. The molecular formula is C17H24N4O. The number of nitrogens with zero attached hydrogens (tertiary/aromatic N) is 4. The Hall–Kier alpha value is -1.62. The summed E-state index contributed by atoms with van der Waals surface area (Å²) in [5.74, 6) is 0.652. The van der Waals surface area contributed by atoms with Gasteiger partial charge in [-0.25, -0.2) is 0 Å². The van der Waals surface area contributed by atoms with Crippen molar-refractivity contribution in [2.75, 3.05) is 36.0 Å². The van der Waals surface area contributed by atoms with E-state index in [1.54, 1.807) is 6.92 Å². The molecule has 2 atom stereocenters. The molecule has 2 unspecified atom stereocenters. The molecule has 1 fully saturated rings. The topological polar surface area (TPSA) is 39.7 Å². The molecule has 22 heavy (non-hydrogen) atoms. The Kier molecular flexibility index (Phi) is 3.15. The molecular weight excluding hydrogens is 276 g/mol. The molecule has 5 nitrogen and oxygen atoms in total. The normalized spacial score (nSPS) is 27.1. The summed E-state index contributed by atoms with van der Waals surface area (Å²) in [5, 5.41) is 0. The number of hydrogen-bond donors (Lipinski definition) is 0. The summed E-state index contributed by atoms with van der Waals surface area (Å²) >= 11 is 0. The summed E-state index contributed by atoms with van der Waals surface area (Å²) in [5.41, 5.74) is 3.64. The third-order valence-corrected chi connectivity index (χ3v) is 5.59. The van der Waals surface area contributed by atoms with E-state index in [0.717, 1.165) is 25.3 Å². The van der Waals surface area contributed by atoms with Crippen molar-refractivity contribution in [2.24, 2.45) is 0 Å². The second-order valence-electron chi connectivity index (χ2n) is 7.01. The zero-order valence-electron chi connectivity index (χ0n) is 13.6. The lowest BCUT2D eigenvalue weighted by Crippen LogP contribution is -2.51. The van der Waals surface area contributed by atoms with Gasteiger partial charge in [-0.2, -0.15) is 0 Å². The van der Waals surface area contributed by atoms with E-state index in [2.05, 4.69) is 28.6 Å². The van der Waals surface area contributed by atoms with Crippen LogP contribution >= 0.6 is 0 Å². The molecule has 0 bridgehead atoms. The van der Waals surface area contributed by atoms with Gasteiger partial charge >= 0.3 is 0 Å². The maximum absolute atomic E-state index is 11.9. The predicted octanol–water partition coefficient (Wildman–Crippen LogP) is 1.83. The van der Waals surface area contributed by atoms with Crippen LogP contribution in [0.1, 0.15) is 38.7 Å². The fourth-order valence-corrected chi connectivity index (χ4v) is 4.45. The van der Waals surface area contributed by atoms with Gasteiger partial charge in [0.25, 0.3) is 0 Å². The Bertz CT molecular complexity index is 615. The fraction of sp³-hybridized carbons (Fsp3) is 0.647. The summed E-state index contributed by atoms with van der Waals surface area (Å²) in [7, 11) is 0. The van der Waals surface area contributed by atoms with E-state index >= 15 is 0 Å². The van der Waals surface area contributed by atoms with Crippen LogP contribution in [0.2, 0.25) is 0 Å². The van der Waals surface area contributed by atoms with Crippen LogP contribution in [0.25, 0.3) is 0 Å². The summed E-state index contributed by atoms with van der Waals surface area (Å²) in [6.07, 6.45) is 5.10. The van der Waals surface area contributed by atoms with E-state index in [1.807, 2.05) is 17.3 Å². The monoisotopic (exact) mass is 300 g/mol. The van der Waals surface area contributed by atoms with Crippen LogP contribution in [0.15, 0.2) is 12.4 Å². The lowest BCUT2D eigenvalue weighted by Gasteiger charge is -2.42. The fourth-order valence-electron chi connectivity index (χ4n) is 4.45. The number of piperidine rings is 1. The average Bonchev–Trinajstić information content (AvgIpc) is 2.83. The van der Waals surface area contributed by atoms with Gasteiger partial charge in [0.05, 0.1) is 17.6 Å². The second kappa shape index (κ2) is 4.95. The highest BCUT2D eigenvalue weighted by Crippen LogP contribution is 2.50. The first-order chi connectivity index (χ1) is 10.6. The van der Waals surface area contributed by atoms with Gasteiger partial charge in [-0.1, -0.05) is 0 Å². The van der Waals surface area contributed by atoms with Gasteiger partial charge in [0.2, 0.25) is 5.91 Å². The third kappa shape index (κ3) is 1.88. The van der Waals surface area contributed by atoms with Gasteiger partial charge in [-0.3, -0.25) is 9.78 Å². The molecule has 0 radical (unpaired) electrons. The lowest BCUT2D eigenvalue weighted by molar-refractivity contribution is -0.116. The first-order valence-corrected chi connectivity index (χ1v) is 8.34. The molecule has 3 aliphatic heterocycles. The minimum Gasteiger partial charge on any atom is -0.364 e. The van der Waals surface area contributed by atoms with Gasteiger partial charge in [-0.15, -0.1) is 0 Å². The molecule has 0 aliphatic carbocycles. The standard InChI is InChI=1S/C17H24N4O/c1-11(2)19-5-4-15-14(10-19)13-8-18-9-16-17(13)21(15)7-6-20(16)12(3)22/h8-9,11,14-15H,4-7,10H2,1-3H3. The molecule has 0 aromatic carbocycles. The van der Waals surface area contributed by atoms with Gasteiger partial charge in [0, 0.05) is 62.9 Å². The maximum Gasteiger partial charge on any atom is 0.224 e. The van der Waals surface area contributed by atoms with Crippen molar-refractivity contribution >= 4 is 17.3 Å². The number of carbonyl (C=O) groups is 1. The zero-order chi connectivity index (χ0) is 15.4. The van der Waals surface area contributed by atoms with Gasteiger partial charge < -0.3 is 14.7 Å². The van der Waals surface area contributed by atoms with E-state index in [9.17, 15) is 4.79 Å². The average molecular weight is 300 g/mol. The number of pyridine rings is 1. The van der Waals surface area contributed by atoms with Gasteiger partial charge in [-0.05, 0) is 20.3 Å². The van der Waals surface area contributed by atoms with E-state index in [-0.39, 0.29) is 5.91 Å². The number of carbonyl (C=O) groups excluding carboxylic acids is 1. The van der Waals surface area contributed by atoms with Crippen molar-refractivity contribution in [3.8, 4) is 0 Å². The van der Waals surface area contributed by atoms with E-state index in [4.69, 9.17) is 0 Å². The number of fused-ring (bicyclic) bond motifs is 3. The highest BCUT2D eigenvalue weighted by Gasteiger charge is 2.45. The number of likely N-dealkylation sites (tertiary alicyclic amines) is 1. The molecule has 0 N–H and O–H groups in total. The van der Waals surface area contributed by atoms with Crippen molar-refractivity contribution in [1.82, 2.24) is 9.88 Å². The lowest BCUT2D eigenvalue weighted by atomic mass is 9.89. The molecule has 1 saturated heterocycles. The Labute approximate surface area is 131 Å². The molecule has 1 aromatic heterocycles. The molecule has 5 heteroatoms. The summed E-state index contributed by atoms with van der Waals surface area (Å²) < 4.78 is 0. The SMILES string of the molecule is CC(=O)N1CCN2c3c(cncc31)C1CN(C(C)C)CCC12. The quantitative estimate of drug-likeness (QED) is 0.793. The number of anilines is 2. The van der Waals surface area contributed by atoms with Gasteiger partial charge in [0.15, 0.2) is 0 Å². The largest absolute Gasteiger partial charge is 0.364 e. The third-order valence-electron chi connectivity index (χ3n) is 5.59. The Morgan fingerprint density at radius 1 is 1.27 bits per heavy atom. The van der Waals surface area contributed by atoms with Crippen LogP contribution < -0.4 is 9.80 Å².